The summed E-state index contributed by atoms with van der Waals surface area (Å²) in [5.74, 6) is -0.0724. The number of benzene rings is 1. The topological polar surface area (TPSA) is 42.0 Å². The fourth-order valence-electron chi connectivity index (χ4n) is 1.44. The van der Waals surface area contributed by atoms with E-state index in [1.54, 1.807) is 5.51 Å². The van der Waals surface area contributed by atoms with Gasteiger partial charge in [0.25, 0.3) is 5.91 Å². The lowest BCUT2D eigenvalue weighted by atomic mass is 10.1. The van der Waals surface area contributed by atoms with Crippen molar-refractivity contribution in [3.8, 4) is 0 Å². The molecule has 0 bridgehead atoms. The predicted octanol–water partition coefficient (Wildman–Crippen LogP) is 3.14. The largest absolute Gasteiger partial charge is 0.346 e. The molecule has 88 valence electrons. The molecule has 0 aliphatic heterocycles. The summed E-state index contributed by atoms with van der Waals surface area (Å²) in [6.07, 6.45) is 0. The van der Waals surface area contributed by atoms with Crippen LogP contribution >= 0.6 is 27.3 Å². The van der Waals surface area contributed by atoms with E-state index >= 15 is 0 Å². The molecule has 0 unspecified atom stereocenters. The summed E-state index contributed by atoms with van der Waals surface area (Å²) in [4.78, 5) is 16.1. The number of carbonyl (C=O) groups is 1. The zero-order chi connectivity index (χ0) is 12.3. The maximum atomic E-state index is 12.0. The van der Waals surface area contributed by atoms with Gasteiger partial charge in [0.2, 0.25) is 0 Å². The molecule has 2 aromatic rings. The first kappa shape index (κ1) is 12.3. The van der Waals surface area contributed by atoms with Crippen LogP contribution in [0.4, 0.5) is 0 Å². The number of carbonyl (C=O) groups excluding carboxylic acids is 1. The van der Waals surface area contributed by atoms with E-state index in [1.165, 1.54) is 11.3 Å². The number of nitrogens with one attached hydrogen (secondary N) is 1. The Bertz CT molecular complexity index is 525. The van der Waals surface area contributed by atoms with E-state index in [0.29, 0.717) is 12.1 Å². The molecule has 5 heteroatoms. The van der Waals surface area contributed by atoms with Crippen LogP contribution in [0.1, 0.15) is 21.6 Å². The van der Waals surface area contributed by atoms with E-state index in [2.05, 4.69) is 26.2 Å². The number of thiazole rings is 1. The Morgan fingerprint density at radius 1 is 1.53 bits per heavy atom. The molecule has 1 aromatic carbocycles. The van der Waals surface area contributed by atoms with Gasteiger partial charge in [0.15, 0.2) is 0 Å². The molecular weight excluding hydrogens is 300 g/mol. The number of hydrogen-bond donors (Lipinski definition) is 1. The second kappa shape index (κ2) is 5.42. The average Bonchev–Trinajstić information content (AvgIpc) is 2.82. The minimum Gasteiger partial charge on any atom is -0.346 e. The Kier molecular flexibility index (Phi) is 3.91. The van der Waals surface area contributed by atoms with Gasteiger partial charge in [-0.25, -0.2) is 4.98 Å². The van der Waals surface area contributed by atoms with Gasteiger partial charge >= 0.3 is 0 Å². The molecule has 0 radical (unpaired) electrons. The highest BCUT2D eigenvalue weighted by Gasteiger charge is 2.10. The standard InChI is InChI=1S/C12H11BrN2OS/c1-8-10(3-2-4-11(8)13)12(16)14-5-9-6-17-7-15-9/h2-4,6-7H,5H2,1H3,(H,14,16). The molecule has 0 saturated carbocycles. The van der Waals surface area contributed by atoms with Crippen LogP contribution < -0.4 is 5.32 Å². The van der Waals surface area contributed by atoms with Crippen LogP contribution in [-0.4, -0.2) is 10.9 Å². The van der Waals surface area contributed by atoms with Crippen molar-refractivity contribution >= 4 is 33.2 Å². The first-order valence-electron chi connectivity index (χ1n) is 5.09. The Morgan fingerprint density at radius 3 is 3.06 bits per heavy atom. The lowest BCUT2D eigenvalue weighted by Crippen LogP contribution is -2.23. The number of rotatable bonds is 3. The van der Waals surface area contributed by atoms with Gasteiger partial charge in [0.1, 0.15) is 0 Å². The van der Waals surface area contributed by atoms with Crippen molar-refractivity contribution in [2.45, 2.75) is 13.5 Å². The third-order valence-electron chi connectivity index (χ3n) is 2.43. The van der Waals surface area contributed by atoms with Crippen LogP contribution in [0.3, 0.4) is 0 Å². The molecule has 0 fully saturated rings. The third kappa shape index (κ3) is 2.92. The molecule has 1 heterocycles. The van der Waals surface area contributed by atoms with Crippen molar-refractivity contribution in [1.82, 2.24) is 10.3 Å². The van der Waals surface area contributed by atoms with Crippen LogP contribution in [0.5, 0.6) is 0 Å². The highest BCUT2D eigenvalue weighted by molar-refractivity contribution is 9.10. The summed E-state index contributed by atoms with van der Waals surface area (Å²) < 4.78 is 0.943. The fourth-order valence-corrected chi connectivity index (χ4v) is 2.37. The Morgan fingerprint density at radius 2 is 2.35 bits per heavy atom. The van der Waals surface area contributed by atoms with Crippen molar-refractivity contribution in [3.63, 3.8) is 0 Å². The Hall–Kier alpha value is -1.20. The first-order chi connectivity index (χ1) is 8.18. The SMILES string of the molecule is Cc1c(Br)cccc1C(=O)NCc1cscn1. The van der Waals surface area contributed by atoms with E-state index in [4.69, 9.17) is 0 Å². The Balaban J connectivity index is 2.07. The molecule has 0 aliphatic rings. The molecule has 0 spiro atoms. The van der Waals surface area contributed by atoms with E-state index in [9.17, 15) is 4.79 Å². The van der Waals surface area contributed by atoms with Gasteiger partial charge in [0, 0.05) is 15.4 Å². The van der Waals surface area contributed by atoms with E-state index in [0.717, 1.165) is 15.7 Å². The molecule has 0 saturated heterocycles. The lowest BCUT2D eigenvalue weighted by molar-refractivity contribution is 0.0950. The van der Waals surface area contributed by atoms with Gasteiger partial charge in [-0.15, -0.1) is 11.3 Å². The highest BCUT2D eigenvalue weighted by atomic mass is 79.9. The van der Waals surface area contributed by atoms with Gasteiger partial charge in [-0.3, -0.25) is 4.79 Å². The van der Waals surface area contributed by atoms with Crippen LogP contribution in [0.2, 0.25) is 0 Å². The molecule has 0 aliphatic carbocycles. The van der Waals surface area contributed by atoms with E-state index in [1.807, 2.05) is 30.5 Å². The van der Waals surface area contributed by atoms with Crippen LogP contribution in [0, 0.1) is 6.92 Å². The molecule has 17 heavy (non-hydrogen) atoms. The number of hydrogen-bond acceptors (Lipinski definition) is 3. The average molecular weight is 311 g/mol. The van der Waals surface area contributed by atoms with Gasteiger partial charge < -0.3 is 5.32 Å². The van der Waals surface area contributed by atoms with Crippen molar-refractivity contribution in [3.05, 3.63) is 50.4 Å². The summed E-state index contributed by atoms with van der Waals surface area (Å²) >= 11 is 4.94. The van der Waals surface area contributed by atoms with Gasteiger partial charge in [-0.1, -0.05) is 22.0 Å². The summed E-state index contributed by atoms with van der Waals surface area (Å²) in [5, 5.41) is 4.78. The van der Waals surface area contributed by atoms with Gasteiger partial charge in [-0.05, 0) is 24.6 Å². The first-order valence-corrected chi connectivity index (χ1v) is 6.82. The normalized spacial score (nSPS) is 10.2. The summed E-state index contributed by atoms with van der Waals surface area (Å²) in [6.45, 7) is 2.39. The number of aromatic nitrogens is 1. The summed E-state index contributed by atoms with van der Waals surface area (Å²) in [5.41, 5.74) is 4.28. The van der Waals surface area contributed by atoms with E-state index in [-0.39, 0.29) is 5.91 Å². The molecule has 1 amide bonds. The van der Waals surface area contributed by atoms with E-state index < -0.39 is 0 Å². The minimum absolute atomic E-state index is 0.0724. The maximum absolute atomic E-state index is 12.0. The van der Waals surface area contributed by atoms with Crippen LogP contribution in [0.25, 0.3) is 0 Å². The fraction of sp³-hybridized carbons (Fsp3) is 0.167. The molecular formula is C12H11BrN2OS. The molecule has 2 rings (SSSR count). The number of amides is 1. The zero-order valence-corrected chi connectivity index (χ0v) is 11.6. The number of nitrogens with zero attached hydrogens (tertiary/aromatic N) is 1. The Labute approximate surface area is 112 Å². The lowest BCUT2D eigenvalue weighted by Gasteiger charge is -2.07. The second-order valence-electron chi connectivity index (χ2n) is 3.57. The van der Waals surface area contributed by atoms with Crippen LogP contribution in [-0.2, 0) is 6.54 Å². The molecule has 1 aromatic heterocycles. The second-order valence-corrected chi connectivity index (χ2v) is 5.15. The smallest absolute Gasteiger partial charge is 0.251 e. The summed E-state index contributed by atoms with van der Waals surface area (Å²) in [7, 11) is 0. The molecule has 0 atom stereocenters. The third-order valence-corrected chi connectivity index (χ3v) is 3.92. The monoisotopic (exact) mass is 310 g/mol. The van der Waals surface area contributed by atoms with Crippen LogP contribution in [0.15, 0.2) is 33.6 Å². The van der Waals surface area contributed by atoms with Crippen molar-refractivity contribution in [2.24, 2.45) is 0 Å². The minimum atomic E-state index is -0.0724. The van der Waals surface area contributed by atoms with Crippen molar-refractivity contribution in [2.75, 3.05) is 0 Å². The quantitative estimate of drug-likeness (QED) is 0.946. The van der Waals surface area contributed by atoms with Gasteiger partial charge in [-0.2, -0.15) is 0 Å². The van der Waals surface area contributed by atoms with Gasteiger partial charge in [0.05, 0.1) is 17.7 Å². The predicted molar refractivity (Wildman–Crippen MR) is 72.2 cm³/mol. The summed E-state index contributed by atoms with van der Waals surface area (Å²) in [6, 6.07) is 5.60. The molecule has 1 N–H and O–H groups in total. The highest BCUT2D eigenvalue weighted by Crippen LogP contribution is 2.19. The zero-order valence-electron chi connectivity index (χ0n) is 9.24. The van der Waals surface area contributed by atoms with Crippen molar-refractivity contribution in [1.29, 1.82) is 0 Å². The maximum Gasteiger partial charge on any atom is 0.251 e. The van der Waals surface area contributed by atoms with Crippen molar-refractivity contribution < 1.29 is 4.79 Å². The number of halogens is 1. The molecule has 3 nitrogen and oxygen atoms in total.